The van der Waals surface area contributed by atoms with Gasteiger partial charge in [-0.1, -0.05) is 6.92 Å². The highest BCUT2D eigenvalue weighted by Crippen LogP contribution is 2.29. The fraction of sp³-hybridized carbons (Fsp3) is 0.111. The Labute approximate surface area is 137 Å². The molecule has 1 heterocycles. The van der Waals surface area contributed by atoms with Crippen LogP contribution in [0.2, 0.25) is 0 Å². The highest BCUT2D eigenvalue weighted by atomic mass is 32.1. The Bertz CT molecular complexity index is 810. The van der Waals surface area contributed by atoms with Gasteiger partial charge in [-0.15, -0.1) is 11.3 Å². The van der Waals surface area contributed by atoms with E-state index in [9.17, 15) is 9.18 Å². The lowest BCUT2D eigenvalue weighted by atomic mass is 10.1. The third kappa shape index (κ3) is 3.63. The summed E-state index contributed by atoms with van der Waals surface area (Å²) < 4.78 is 13.0. The summed E-state index contributed by atoms with van der Waals surface area (Å²) in [6, 6.07) is 13.9. The number of carbonyl (C=O) groups excluding carboxylic acids is 1. The first-order valence-corrected chi connectivity index (χ1v) is 8.15. The van der Waals surface area contributed by atoms with Gasteiger partial charge >= 0.3 is 0 Å². The fourth-order valence-electron chi connectivity index (χ4n) is 2.11. The molecule has 1 N–H and O–H groups in total. The molecule has 0 bridgehead atoms. The van der Waals surface area contributed by atoms with E-state index in [0.29, 0.717) is 6.42 Å². The van der Waals surface area contributed by atoms with Gasteiger partial charge in [0.15, 0.2) is 0 Å². The third-order valence-electron chi connectivity index (χ3n) is 3.38. The summed E-state index contributed by atoms with van der Waals surface area (Å²) in [6.45, 7) is 1.82. The lowest BCUT2D eigenvalue weighted by Gasteiger charge is -2.04. The van der Waals surface area contributed by atoms with Crippen molar-refractivity contribution in [2.75, 3.05) is 5.32 Å². The highest BCUT2D eigenvalue weighted by Gasteiger charge is 2.07. The van der Waals surface area contributed by atoms with Crippen molar-refractivity contribution >= 4 is 22.9 Å². The predicted octanol–water partition coefficient (Wildman–Crippen LogP) is 4.96. The van der Waals surface area contributed by atoms with E-state index >= 15 is 0 Å². The van der Waals surface area contributed by atoms with E-state index in [4.69, 9.17) is 0 Å². The molecule has 0 saturated heterocycles. The van der Waals surface area contributed by atoms with Crippen LogP contribution in [0.5, 0.6) is 0 Å². The first-order chi connectivity index (χ1) is 11.2. The first-order valence-electron chi connectivity index (χ1n) is 7.27. The number of amides is 1. The van der Waals surface area contributed by atoms with Gasteiger partial charge < -0.3 is 5.32 Å². The van der Waals surface area contributed by atoms with Crippen molar-refractivity contribution in [3.8, 4) is 21.8 Å². The largest absolute Gasteiger partial charge is 0.326 e. The van der Waals surface area contributed by atoms with Crippen molar-refractivity contribution in [2.45, 2.75) is 13.3 Å². The number of aromatic nitrogens is 1. The van der Waals surface area contributed by atoms with Crippen LogP contribution < -0.4 is 5.32 Å². The minimum atomic E-state index is -0.256. The number of nitrogens with one attached hydrogen (secondary N) is 1. The topological polar surface area (TPSA) is 42.0 Å². The number of thiazole rings is 1. The van der Waals surface area contributed by atoms with Gasteiger partial charge in [-0.2, -0.15) is 0 Å². The van der Waals surface area contributed by atoms with Gasteiger partial charge in [0.05, 0.1) is 5.69 Å². The quantitative estimate of drug-likeness (QED) is 0.736. The second-order valence-corrected chi connectivity index (χ2v) is 5.88. The van der Waals surface area contributed by atoms with Gasteiger partial charge in [0.25, 0.3) is 0 Å². The number of halogens is 1. The molecule has 0 fully saturated rings. The van der Waals surface area contributed by atoms with E-state index in [1.807, 2.05) is 36.6 Å². The smallest absolute Gasteiger partial charge is 0.224 e. The summed E-state index contributed by atoms with van der Waals surface area (Å²) in [5.74, 6) is -0.264. The van der Waals surface area contributed by atoms with Crippen LogP contribution in [0.4, 0.5) is 10.1 Å². The molecule has 3 aromatic rings. The molecule has 1 aromatic heterocycles. The van der Waals surface area contributed by atoms with Crippen molar-refractivity contribution in [3.05, 3.63) is 59.7 Å². The molecule has 0 aliphatic carbocycles. The van der Waals surface area contributed by atoms with E-state index in [1.54, 1.807) is 12.1 Å². The van der Waals surface area contributed by atoms with Crippen LogP contribution in [-0.2, 0) is 4.79 Å². The van der Waals surface area contributed by atoms with E-state index in [2.05, 4.69) is 10.3 Å². The van der Waals surface area contributed by atoms with Crippen LogP contribution >= 0.6 is 11.3 Å². The Morgan fingerprint density at radius 1 is 1.09 bits per heavy atom. The minimum Gasteiger partial charge on any atom is -0.326 e. The molecule has 0 radical (unpaired) electrons. The van der Waals surface area contributed by atoms with E-state index in [-0.39, 0.29) is 11.7 Å². The average Bonchev–Trinajstić information content (AvgIpc) is 3.06. The monoisotopic (exact) mass is 326 g/mol. The molecular weight excluding hydrogens is 311 g/mol. The number of benzene rings is 2. The number of carbonyl (C=O) groups is 1. The minimum absolute atomic E-state index is 0.00871. The molecule has 2 aromatic carbocycles. The number of anilines is 1. The molecule has 1 amide bonds. The van der Waals surface area contributed by atoms with Crippen molar-refractivity contribution in [2.24, 2.45) is 0 Å². The zero-order chi connectivity index (χ0) is 16.2. The normalized spacial score (nSPS) is 10.5. The first kappa shape index (κ1) is 15.4. The van der Waals surface area contributed by atoms with Gasteiger partial charge in [-0.25, -0.2) is 9.37 Å². The molecule has 116 valence electrons. The molecule has 0 atom stereocenters. The maximum absolute atomic E-state index is 13.0. The maximum atomic E-state index is 13.0. The van der Waals surface area contributed by atoms with Crippen LogP contribution in [0, 0.1) is 5.82 Å². The summed E-state index contributed by atoms with van der Waals surface area (Å²) in [4.78, 5) is 16.0. The molecule has 0 aliphatic heterocycles. The third-order valence-corrected chi connectivity index (χ3v) is 4.27. The van der Waals surface area contributed by atoms with Gasteiger partial charge in [0.2, 0.25) is 5.91 Å². The van der Waals surface area contributed by atoms with Gasteiger partial charge in [-0.3, -0.25) is 4.79 Å². The highest BCUT2D eigenvalue weighted by molar-refractivity contribution is 7.13. The van der Waals surface area contributed by atoms with Gasteiger partial charge in [0, 0.05) is 28.6 Å². The zero-order valence-electron chi connectivity index (χ0n) is 12.5. The lowest BCUT2D eigenvalue weighted by Crippen LogP contribution is -2.08. The second-order valence-electron chi connectivity index (χ2n) is 5.02. The fourth-order valence-corrected chi connectivity index (χ4v) is 2.94. The SMILES string of the molecule is CCC(=O)Nc1ccc(-c2nc(-c3ccc(F)cc3)cs2)cc1. The molecule has 5 heteroatoms. The molecule has 23 heavy (non-hydrogen) atoms. The van der Waals surface area contributed by atoms with Crippen LogP contribution in [0.1, 0.15) is 13.3 Å². The Hall–Kier alpha value is -2.53. The van der Waals surface area contributed by atoms with E-state index in [1.165, 1.54) is 23.5 Å². The molecule has 0 saturated carbocycles. The van der Waals surface area contributed by atoms with Crippen LogP contribution in [0.3, 0.4) is 0 Å². The Morgan fingerprint density at radius 2 is 1.74 bits per heavy atom. The number of nitrogens with zero attached hydrogens (tertiary/aromatic N) is 1. The van der Waals surface area contributed by atoms with Crippen molar-refractivity contribution < 1.29 is 9.18 Å². The molecule has 0 aliphatic rings. The van der Waals surface area contributed by atoms with Crippen molar-refractivity contribution in [1.29, 1.82) is 0 Å². The summed E-state index contributed by atoms with van der Waals surface area (Å²) in [6.07, 6.45) is 0.454. The van der Waals surface area contributed by atoms with Crippen LogP contribution in [0.25, 0.3) is 21.8 Å². The molecule has 3 rings (SSSR count). The maximum Gasteiger partial charge on any atom is 0.224 e. The van der Waals surface area contributed by atoms with E-state index in [0.717, 1.165) is 27.5 Å². The number of hydrogen-bond acceptors (Lipinski definition) is 3. The van der Waals surface area contributed by atoms with Crippen molar-refractivity contribution in [3.63, 3.8) is 0 Å². The Balaban J connectivity index is 1.80. The van der Waals surface area contributed by atoms with Crippen LogP contribution in [0.15, 0.2) is 53.9 Å². The Kier molecular flexibility index (Phi) is 4.48. The van der Waals surface area contributed by atoms with Gasteiger partial charge in [0.1, 0.15) is 10.8 Å². The molecule has 0 unspecified atom stereocenters. The summed E-state index contributed by atoms with van der Waals surface area (Å²) in [5, 5.41) is 5.66. The Morgan fingerprint density at radius 3 is 2.39 bits per heavy atom. The van der Waals surface area contributed by atoms with Gasteiger partial charge in [-0.05, 0) is 48.5 Å². The standard InChI is InChI=1S/C18H15FN2OS/c1-2-17(22)20-15-9-5-13(6-10-15)18-21-16(11-23-18)12-3-7-14(19)8-4-12/h3-11H,2H2,1H3,(H,20,22). The summed E-state index contributed by atoms with van der Waals surface area (Å²) in [5.41, 5.74) is 3.47. The molecular formula is C18H15FN2OS. The lowest BCUT2D eigenvalue weighted by molar-refractivity contribution is -0.115. The molecule has 3 nitrogen and oxygen atoms in total. The molecule has 0 spiro atoms. The summed E-state index contributed by atoms with van der Waals surface area (Å²) >= 11 is 1.53. The second kappa shape index (κ2) is 6.71. The number of hydrogen-bond donors (Lipinski definition) is 1. The summed E-state index contributed by atoms with van der Waals surface area (Å²) in [7, 11) is 0. The van der Waals surface area contributed by atoms with Crippen LogP contribution in [-0.4, -0.2) is 10.9 Å². The zero-order valence-corrected chi connectivity index (χ0v) is 13.4. The predicted molar refractivity (Wildman–Crippen MR) is 91.9 cm³/mol. The van der Waals surface area contributed by atoms with E-state index < -0.39 is 0 Å². The number of rotatable bonds is 4. The van der Waals surface area contributed by atoms with Crippen molar-refractivity contribution in [1.82, 2.24) is 4.98 Å². The average molecular weight is 326 g/mol.